The molecule has 0 fully saturated rings. The number of hydrogen-bond donors (Lipinski definition) is 1. The van der Waals surface area contributed by atoms with Crippen molar-refractivity contribution in [1.29, 1.82) is 0 Å². The van der Waals surface area contributed by atoms with Crippen LogP contribution in [0, 0.1) is 0 Å². The van der Waals surface area contributed by atoms with Gasteiger partial charge >= 0.3 is 0 Å². The molecular formula is C16H31BrN4. The minimum Gasteiger partial charge on any atom is -0.307 e. The molecule has 21 heavy (non-hydrogen) atoms. The molecule has 2 atom stereocenters. The maximum Gasteiger partial charge on any atom is 0.0714 e. The number of nitrogens with zero attached hydrogens (tertiary/aromatic N) is 3. The normalized spacial score (nSPS) is 16.2. The Morgan fingerprint density at radius 2 is 1.90 bits per heavy atom. The smallest absolute Gasteiger partial charge is 0.0714 e. The van der Waals surface area contributed by atoms with E-state index in [0.717, 1.165) is 37.1 Å². The summed E-state index contributed by atoms with van der Waals surface area (Å²) >= 11 is 3.70. The molecule has 1 aromatic heterocycles. The van der Waals surface area contributed by atoms with E-state index in [1.807, 2.05) is 6.20 Å². The lowest BCUT2D eigenvalue weighted by Gasteiger charge is -2.46. The van der Waals surface area contributed by atoms with Gasteiger partial charge in [-0.2, -0.15) is 5.10 Å². The van der Waals surface area contributed by atoms with Crippen LogP contribution in [0.1, 0.15) is 59.7 Å². The fourth-order valence-electron chi connectivity index (χ4n) is 3.28. The third kappa shape index (κ3) is 3.69. The van der Waals surface area contributed by atoms with Crippen molar-refractivity contribution >= 4 is 15.9 Å². The highest BCUT2D eigenvalue weighted by molar-refractivity contribution is 9.10. The van der Waals surface area contributed by atoms with Crippen molar-refractivity contribution in [3.05, 3.63) is 16.4 Å². The number of rotatable bonds is 9. The van der Waals surface area contributed by atoms with E-state index in [2.05, 4.69) is 77.5 Å². The van der Waals surface area contributed by atoms with Gasteiger partial charge in [0.25, 0.3) is 0 Å². The quantitative estimate of drug-likeness (QED) is 0.728. The van der Waals surface area contributed by atoms with Crippen LogP contribution < -0.4 is 5.32 Å². The molecule has 1 rings (SSSR count). The molecule has 1 aromatic rings. The number of nitrogens with one attached hydrogen (secondary N) is 1. The second kappa shape index (κ2) is 8.30. The lowest BCUT2D eigenvalue weighted by molar-refractivity contribution is 0.0668. The first-order valence-corrected chi connectivity index (χ1v) is 8.98. The summed E-state index contributed by atoms with van der Waals surface area (Å²) in [5, 5.41) is 8.22. The highest BCUT2D eigenvalue weighted by Crippen LogP contribution is 2.37. The Balaban J connectivity index is 3.34. The Bertz CT molecular complexity index is 428. The van der Waals surface area contributed by atoms with Crippen LogP contribution in [0.4, 0.5) is 0 Å². The van der Waals surface area contributed by atoms with E-state index in [4.69, 9.17) is 0 Å². The van der Waals surface area contributed by atoms with Crippen molar-refractivity contribution in [3.63, 3.8) is 0 Å². The number of aryl methyl sites for hydroxylation is 1. The van der Waals surface area contributed by atoms with Gasteiger partial charge in [-0.3, -0.25) is 9.58 Å². The van der Waals surface area contributed by atoms with Gasteiger partial charge in [-0.25, -0.2) is 0 Å². The van der Waals surface area contributed by atoms with E-state index >= 15 is 0 Å². The van der Waals surface area contributed by atoms with E-state index in [-0.39, 0.29) is 11.6 Å². The summed E-state index contributed by atoms with van der Waals surface area (Å²) in [7, 11) is 0. The SMILES string of the molecule is CCNC(c1c(Br)cnn1CC)C(C)(CC)N(CC)CC. The van der Waals surface area contributed by atoms with Gasteiger partial charge in [0.05, 0.1) is 22.4 Å². The summed E-state index contributed by atoms with van der Waals surface area (Å²) < 4.78 is 3.21. The third-order valence-corrected chi connectivity index (χ3v) is 5.25. The van der Waals surface area contributed by atoms with Gasteiger partial charge in [-0.05, 0) is 55.8 Å². The lowest BCUT2D eigenvalue weighted by Crippen LogP contribution is -2.55. The van der Waals surface area contributed by atoms with Gasteiger partial charge in [0.2, 0.25) is 0 Å². The van der Waals surface area contributed by atoms with E-state index in [0.29, 0.717) is 0 Å². The summed E-state index contributed by atoms with van der Waals surface area (Å²) in [6.45, 7) is 17.4. The molecule has 1 N–H and O–H groups in total. The maximum absolute atomic E-state index is 4.51. The van der Waals surface area contributed by atoms with Crippen molar-refractivity contribution in [1.82, 2.24) is 20.0 Å². The zero-order chi connectivity index (χ0) is 16.0. The van der Waals surface area contributed by atoms with Crippen LogP contribution >= 0.6 is 15.9 Å². The Labute approximate surface area is 138 Å². The van der Waals surface area contributed by atoms with Gasteiger partial charge in [0.1, 0.15) is 0 Å². The van der Waals surface area contributed by atoms with Crippen LogP contribution in [0.15, 0.2) is 10.7 Å². The van der Waals surface area contributed by atoms with Crippen LogP contribution in [0.5, 0.6) is 0 Å². The molecule has 0 aromatic carbocycles. The predicted octanol–water partition coefficient (Wildman–Crippen LogP) is 3.83. The minimum absolute atomic E-state index is 0.0645. The van der Waals surface area contributed by atoms with E-state index in [1.54, 1.807) is 0 Å². The van der Waals surface area contributed by atoms with E-state index in [9.17, 15) is 0 Å². The minimum atomic E-state index is 0.0645. The zero-order valence-electron chi connectivity index (χ0n) is 14.4. The Morgan fingerprint density at radius 1 is 1.29 bits per heavy atom. The summed E-state index contributed by atoms with van der Waals surface area (Å²) in [6.07, 6.45) is 3.01. The Kier molecular flexibility index (Phi) is 7.37. The molecule has 0 saturated carbocycles. The molecule has 1 heterocycles. The van der Waals surface area contributed by atoms with Crippen molar-refractivity contribution in [2.75, 3.05) is 19.6 Å². The summed E-state index contributed by atoms with van der Waals surface area (Å²) in [4.78, 5) is 2.56. The summed E-state index contributed by atoms with van der Waals surface area (Å²) in [5.41, 5.74) is 1.32. The van der Waals surface area contributed by atoms with Crippen LogP contribution in [-0.4, -0.2) is 39.9 Å². The van der Waals surface area contributed by atoms with Gasteiger partial charge in [-0.15, -0.1) is 0 Å². The molecular weight excluding hydrogens is 328 g/mol. The number of likely N-dealkylation sites (N-methyl/N-ethyl adjacent to an activating group) is 2. The second-order valence-electron chi connectivity index (χ2n) is 5.57. The number of hydrogen-bond acceptors (Lipinski definition) is 3. The average Bonchev–Trinajstić information content (AvgIpc) is 2.86. The molecule has 0 spiro atoms. The molecule has 0 bridgehead atoms. The standard InChI is InChI=1S/C16H31BrN4/c1-7-16(6,20(9-3)10-4)15(18-8-2)14-13(17)12-19-21(14)11-5/h12,15,18H,7-11H2,1-6H3. The molecule has 5 heteroatoms. The van der Waals surface area contributed by atoms with E-state index in [1.165, 1.54) is 5.69 Å². The first-order valence-electron chi connectivity index (χ1n) is 8.19. The van der Waals surface area contributed by atoms with Gasteiger partial charge in [0, 0.05) is 12.1 Å². The van der Waals surface area contributed by atoms with Crippen LogP contribution in [0.2, 0.25) is 0 Å². The molecule has 122 valence electrons. The fourth-order valence-corrected chi connectivity index (χ4v) is 3.81. The Morgan fingerprint density at radius 3 is 2.33 bits per heavy atom. The molecule has 4 nitrogen and oxygen atoms in total. The van der Waals surface area contributed by atoms with Crippen molar-refractivity contribution in [3.8, 4) is 0 Å². The highest BCUT2D eigenvalue weighted by atomic mass is 79.9. The van der Waals surface area contributed by atoms with Gasteiger partial charge in [0.15, 0.2) is 0 Å². The Hall–Kier alpha value is -0.390. The van der Waals surface area contributed by atoms with Crippen molar-refractivity contribution in [2.45, 2.75) is 66.1 Å². The fraction of sp³-hybridized carbons (Fsp3) is 0.812. The summed E-state index contributed by atoms with van der Waals surface area (Å²) in [6, 6.07) is 0.254. The zero-order valence-corrected chi connectivity index (χ0v) is 16.0. The molecule has 0 aliphatic rings. The van der Waals surface area contributed by atoms with Crippen molar-refractivity contribution in [2.24, 2.45) is 0 Å². The molecule has 2 unspecified atom stereocenters. The summed E-state index contributed by atoms with van der Waals surface area (Å²) in [5.74, 6) is 0. The van der Waals surface area contributed by atoms with Gasteiger partial charge in [-0.1, -0.05) is 27.7 Å². The van der Waals surface area contributed by atoms with E-state index < -0.39 is 0 Å². The molecule has 0 aliphatic carbocycles. The van der Waals surface area contributed by atoms with Gasteiger partial charge < -0.3 is 5.32 Å². The number of aromatic nitrogens is 2. The average molecular weight is 359 g/mol. The maximum atomic E-state index is 4.51. The monoisotopic (exact) mass is 358 g/mol. The largest absolute Gasteiger partial charge is 0.307 e. The first kappa shape index (κ1) is 18.7. The molecule has 0 amide bonds. The van der Waals surface area contributed by atoms with Crippen LogP contribution in [0.25, 0.3) is 0 Å². The van der Waals surface area contributed by atoms with Crippen LogP contribution in [0.3, 0.4) is 0 Å². The first-order chi connectivity index (χ1) is 9.99. The van der Waals surface area contributed by atoms with Crippen LogP contribution in [-0.2, 0) is 6.54 Å². The lowest BCUT2D eigenvalue weighted by atomic mass is 9.84. The highest BCUT2D eigenvalue weighted by Gasteiger charge is 2.40. The number of halogens is 1. The third-order valence-electron chi connectivity index (χ3n) is 4.64. The van der Waals surface area contributed by atoms with Crippen molar-refractivity contribution < 1.29 is 0 Å². The predicted molar refractivity (Wildman–Crippen MR) is 93.6 cm³/mol. The molecule has 0 radical (unpaired) electrons. The molecule has 0 saturated heterocycles. The topological polar surface area (TPSA) is 33.1 Å². The molecule has 0 aliphatic heterocycles. The second-order valence-corrected chi connectivity index (χ2v) is 6.42.